The molecule has 0 aromatic heterocycles. The Morgan fingerprint density at radius 1 is 0.955 bits per heavy atom. The van der Waals surface area contributed by atoms with E-state index in [1.165, 1.54) is 5.56 Å². The van der Waals surface area contributed by atoms with E-state index in [1.807, 2.05) is 37.3 Å². The van der Waals surface area contributed by atoms with Gasteiger partial charge in [-0.1, -0.05) is 61.5 Å². The molecule has 22 heavy (non-hydrogen) atoms. The van der Waals surface area contributed by atoms with E-state index in [2.05, 4.69) is 36.4 Å². The van der Waals surface area contributed by atoms with Gasteiger partial charge in [-0.3, -0.25) is 4.79 Å². The Balaban J connectivity index is 1.94. The number of hydrogen-bond donors (Lipinski definition) is 0. The number of hydrogen-bond acceptors (Lipinski definition) is 2. The molecule has 0 atom stereocenters. The van der Waals surface area contributed by atoms with Crippen molar-refractivity contribution in [2.75, 3.05) is 0 Å². The Labute approximate surface area is 135 Å². The molecule has 0 unspecified atom stereocenters. The quantitative estimate of drug-likeness (QED) is 0.442. The van der Waals surface area contributed by atoms with E-state index >= 15 is 0 Å². The minimum absolute atomic E-state index is 0.207. The summed E-state index contributed by atoms with van der Waals surface area (Å²) in [6, 6.07) is 22.8. The molecular weight excluding hydrogens is 288 g/mol. The van der Waals surface area contributed by atoms with Gasteiger partial charge in [0.1, 0.15) is 0 Å². The lowest BCUT2D eigenvalue weighted by molar-refractivity contribution is 0.0989. The molecule has 0 aliphatic heterocycles. The fourth-order valence-corrected chi connectivity index (χ4v) is 3.47. The van der Waals surface area contributed by atoms with Gasteiger partial charge in [0, 0.05) is 22.6 Å². The number of rotatable bonds is 5. The molecule has 0 aliphatic carbocycles. The van der Waals surface area contributed by atoms with Crippen LogP contribution in [-0.4, -0.2) is 5.78 Å². The van der Waals surface area contributed by atoms with E-state index in [9.17, 15) is 4.79 Å². The monoisotopic (exact) mass is 306 g/mol. The van der Waals surface area contributed by atoms with Gasteiger partial charge in [0.15, 0.2) is 5.78 Å². The average molecular weight is 306 g/mol. The molecule has 3 aromatic rings. The number of carbonyl (C=O) groups excluding carboxylic acids is 1. The summed E-state index contributed by atoms with van der Waals surface area (Å²) in [5.41, 5.74) is 2.14. The highest BCUT2D eigenvalue weighted by atomic mass is 32.2. The van der Waals surface area contributed by atoms with Crippen molar-refractivity contribution in [1.29, 1.82) is 0 Å². The molecule has 0 amide bonds. The normalized spacial score (nSPS) is 10.8. The first-order valence-electron chi connectivity index (χ1n) is 7.50. The number of Topliss-reactive ketones (excluding diaryl/α,β-unsaturated/α-hetero) is 1. The van der Waals surface area contributed by atoms with E-state index in [-0.39, 0.29) is 5.78 Å². The lowest BCUT2D eigenvalue weighted by atomic mass is 10.0. The third-order valence-corrected chi connectivity index (χ3v) is 4.75. The second kappa shape index (κ2) is 6.80. The van der Waals surface area contributed by atoms with E-state index in [0.717, 1.165) is 27.0 Å². The van der Waals surface area contributed by atoms with E-state index < -0.39 is 0 Å². The molecule has 0 spiro atoms. The highest BCUT2D eigenvalue weighted by Crippen LogP contribution is 2.30. The lowest BCUT2D eigenvalue weighted by Crippen LogP contribution is -1.98. The second-order valence-electron chi connectivity index (χ2n) is 5.24. The Hall–Kier alpha value is -2.06. The smallest absolute Gasteiger partial charge is 0.163 e. The largest absolute Gasteiger partial charge is 0.294 e. The van der Waals surface area contributed by atoms with Gasteiger partial charge in [-0.05, 0) is 28.5 Å². The van der Waals surface area contributed by atoms with Crippen LogP contribution in [-0.2, 0) is 5.75 Å². The van der Waals surface area contributed by atoms with E-state index in [4.69, 9.17) is 0 Å². The van der Waals surface area contributed by atoms with Crippen molar-refractivity contribution in [3.05, 3.63) is 77.9 Å². The van der Waals surface area contributed by atoms with Gasteiger partial charge in [0.25, 0.3) is 0 Å². The number of benzene rings is 3. The maximum Gasteiger partial charge on any atom is 0.163 e. The van der Waals surface area contributed by atoms with Crippen LogP contribution in [0, 0.1) is 0 Å². The fourth-order valence-electron chi connectivity index (χ4n) is 2.53. The van der Waals surface area contributed by atoms with Gasteiger partial charge in [0.2, 0.25) is 0 Å². The minimum Gasteiger partial charge on any atom is -0.294 e. The van der Waals surface area contributed by atoms with Crippen molar-refractivity contribution < 1.29 is 4.79 Å². The molecule has 0 aliphatic rings. The summed E-state index contributed by atoms with van der Waals surface area (Å²) < 4.78 is 0. The van der Waals surface area contributed by atoms with Crippen LogP contribution >= 0.6 is 11.8 Å². The SMILES string of the molecule is CCC(=O)c1cc(SCc2ccccc2)cc2ccccc12. The van der Waals surface area contributed by atoms with Crippen molar-refractivity contribution in [1.82, 2.24) is 0 Å². The van der Waals surface area contributed by atoms with E-state index in [0.29, 0.717) is 6.42 Å². The molecule has 3 aromatic carbocycles. The van der Waals surface area contributed by atoms with Gasteiger partial charge in [-0.2, -0.15) is 0 Å². The van der Waals surface area contributed by atoms with Crippen LogP contribution in [0.4, 0.5) is 0 Å². The standard InChI is InChI=1S/C20H18OS/c1-2-20(21)19-13-17(12-16-10-6-7-11-18(16)19)22-14-15-8-4-3-5-9-15/h3-13H,2,14H2,1H3. The molecule has 2 heteroatoms. The van der Waals surface area contributed by atoms with Crippen LogP contribution in [0.3, 0.4) is 0 Å². The molecule has 1 nitrogen and oxygen atoms in total. The topological polar surface area (TPSA) is 17.1 Å². The van der Waals surface area contributed by atoms with Gasteiger partial charge in [0.05, 0.1) is 0 Å². The number of fused-ring (bicyclic) bond motifs is 1. The van der Waals surface area contributed by atoms with Crippen LogP contribution in [0.2, 0.25) is 0 Å². The molecule has 110 valence electrons. The zero-order chi connectivity index (χ0) is 15.4. The average Bonchev–Trinajstić information content (AvgIpc) is 2.59. The van der Waals surface area contributed by atoms with Gasteiger partial charge in [-0.15, -0.1) is 11.8 Å². The van der Waals surface area contributed by atoms with Crippen LogP contribution < -0.4 is 0 Å². The fraction of sp³-hybridized carbons (Fsp3) is 0.150. The van der Waals surface area contributed by atoms with Crippen molar-refractivity contribution >= 4 is 28.3 Å². The van der Waals surface area contributed by atoms with Crippen molar-refractivity contribution in [2.45, 2.75) is 24.0 Å². The maximum absolute atomic E-state index is 12.2. The summed E-state index contributed by atoms with van der Waals surface area (Å²) in [6.45, 7) is 1.92. The van der Waals surface area contributed by atoms with Crippen LogP contribution in [0.1, 0.15) is 29.3 Å². The third kappa shape index (κ3) is 3.23. The molecule has 0 N–H and O–H groups in total. The molecule has 0 saturated heterocycles. The van der Waals surface area contributed by atoms with Crippen LogP contribution in [0.25, 0.3) is 10.8 Å². The lowest BCUT2D eigenvalue weighted by Gasteiger charge is -2.09. The summed E-state index contributed by atoms with van der Waals surface area (Å²) in [6.07, 6.45) is 0.538. The second-order valence-corrected chi connectivity index (χ2v) is 6.29. The molecule has 0 bridgehead atoms. The minimum atomic E-state index is 0.207. The first-order valence-corrected chi connectivity index (χ1v) is 8.49. The Bertz CT molecular complexity index is 793. The van der Waals surface area contributed by atoms with Gasteiger partial charge < -0.3 is 0 Å². The molecule has 0 radical (unpaired) electrons. The predicted molar refractivity (Wildman–Crippen MR) is 94.6 cm³/mol. The first-order chi connectivity index (χ1) is 10.8. The first kappa shape index (κ1) is 14.9. The number of thioether (sulfide) groups is 1. The number of ketones is 1. The molecular formula is C20H18OS. The number of carbonyl (C=O) groups is 1. The van der Waals surface area contributed by atoms with E-state index in [1.54, 1.807) is 11.8 Å². The highest BCUT2D eigenvalue weighted by Gasteiger charge is 2.10. The Morgan fingerprint density at radius 3 is 2.45 bits per heavy atom. The third-order valence-electron chi connectivity index (χ3n) is 3.71. The Kier molecular flexibility index (Phi) is 4.59. The van der Waals surface area contributed by atoms with Gasteiger partial charge >= 0.3 is 0 Å². The summed E-state index contributed by atoms with van der Waals surface area (Å²) in [4.78, 5) is 13.4. The Morgan fingerprint density at radius 2 is 1.68 bits per heavy atom. The van der Waals surface area contributed by atoms with Gasteiger partial charge in [-0.25, -0.2) is 0 Å². The maximum atomic E-state index is 12.2. The predicted octanol–water partition coefficient (Wildman–Crippen LogP) is 5.72. The molecule has 0 fully saturated rings. The van der Waals surface area contributed by atoms with Crippen molar-refractivity contribution in [2.24, 2.45) is 0 Å². The zero-order valence-electron chi connectivity index (χ0n) is 12.6. The summed E-state index contributed by atoms with van der Waals surface area (Å²) >= 11 is 1.78. The summed E-state index contributed by atoms with van der Waals surface area (Å²) in [5, 5.41) is 2.19. The van der Waals surface area contributed by atoms with Crippen LogP contribution in [0.5, 0.6) is 0 Å². The zero-order valence-corrected chi connectivity index (χ0v) is 13.4. The highest BCUT2D eigenvalue weighted by molar-refractivity contribution is 7.98. The molecule has 3 rings (SSSR count). The molecule has 0 heterocycles. The molecule has 0 saturated carbocycles. The van der Waals surface area contributed by atoms with Crippen molar-refractivity contribution in [3.63, 3.8) is 0 Å². The summed E-state index contributed by atoms with van der Waals surface area (Å²) in [7, 11) is 0. The van der Waals surface area contributed by atoms with Crippen LogP contribution in [0.15, 0.2) is 71.6 Å². The van der Waals surface area contributed by atoms with Crippen molar-refractivity contribution in [3.8, 4) is 0 Å². The summed E-state index contributed by atoms with van der Waals surface area (Å²) in [5.74, 6) is 1.12.